The van der Waals surface area contributed by atoms with Crippen molar-refractivity contribution >= 4 is 0 Å². The van der Waals surface area contributed by atoms with E-state index in [1.54, 1.807) is 0 Å². The van der Waals surface area contributed by atoms with Crippen LogP contribution in [0.3, 0.4) is 0 Å². The Hall–Kier alpha value is -0.0800. The Morgan fingerprint density at radius 1 is 0.850 bits per heavy atom. The quantitative estimate of drug-likeness (QED) is 0.534. The lowest BCUT2D eigenvalue weighted by Crippen LogP contribution is -2.48. The predicted octanol–water partition coefficient (Wildman–Crippen LogP) is 4.80. The molecule has 0 aliphatic carbocycles. The molecular weight excluding hydrogens is 246 g/mol. The summed E-state index contributed by atoms with van der Waals surface area (Å²) in [4.78, 5) is 0. The van der Waals surface area contributed by atoms with Crippen molar-refractivity contribution in [2.45, 2.75) is 116 Å². The van der Waals surface area contributed by atoms with Gasteiger partial charge in [0.2, 0.25) is 0 Å². The van der Waals surface area contributed by atoms with Gasteiger partial charge in [-0.3, -0.25) is 0 Å². The number of aliphatic hydroxyl groups excluding tert-OH is 1. The molecule has 1 fully saturated rings. The Labute approximate surface area is 126 Å². The van der Waals surface area contributed by atoms with Gasteiger partial charge in [-0.05, 0) is 26.2 Å². The van der Waals surface area contributed by atoms with Gasteiger partial charge >= 0.3 is 0 Å². The molecule has 0 aromatic rings. The van der Waals surface area contributed by atoms with Gasteiger partial charge in [-0.1, -0.05) is 71.1 Å². The maximum absolute atomic E-state index is 9.68. The fourth-order valence-electron chi connectivity index (χ4n) is 3.29. The lowest BCUT2D eigenvalue weighted by molar-refractivity contribution is 0.0849. The number of rotatable bonds is 11. The van der Waals surface area contributed by atoms with Crippen molar-refractivity contribution in [2.24, 2.45) is 0 Å². The summed E-state index contributed by atoms with van der Waals surface area (Å²) < 4.78 is 0. The SMILES string of the molecule is CCCCCCCCCCCC[C@H]1CC[C@@H](O)[C@@H](C)N1. The second kappa shape index (κ2) is 11.6. The first kappa shape index (κ1) is 18.0. The molecular formula is C18H37NO. The number of nitrogens with one attached hydrogen (secondary N) is 1. The summed E-state index contributed by atoms with van der Waals surface area (Å²) in [7, 11) is 0. The van der Waals surface area contributed by atoms with Crippen LogP contribution in [0.4, 0.5) is 0 Å². The summed E-state index contributed by atoms with van der Waals surface area (Å²) in [6.07, 6.45) is 17.4. The molecule has 2 nitrogen and oxygen atoms in total. The van der Waals surface area contributed by atoms with Gasteiger partial charge in [0.15, 0.2) is 0 Å². The Kier molecular flexibility index (Phi) is 10.4. The maximum Gasteiger partial charge on any atom is 0.0691 e. The highest BCUT2D eigenvalue weighted by Gasteiger charge is 2.24. The topological polar surface area (TPSA) is 32.3 Å². The standard InChI is InChI=1S/C18H37NO/c1-3-4-5-6-7-8-9-10-11-12-13-17-14-15-18(20)16(2)19-17/h16-20H,3-15H2,1-2H3/t16-,17+,18-/m1/s1. The van der Waals surface area contributed by atoms with E-state index in [-0.39, 0.29) is 12.1 Å². The summed E-state index contributed by atoms with van der Waals surface area (Å²) in [6, 6.07) is 0.944. The van der Waals surface area contributed by atoms with E-state index in [4.69, 9.17) is 0 Å². The van der Waals surface area contributed by atoms with Crippen molar-refractivity contribution in [1.29, 1.82) is 0 Å². The molecule has 0 spiro atoms. The van der Waals surface area contributed by atoms with Crippen LogP contribution in [-0.4, -0.2) is 23.3 Å². The first-order valence-corrected chi connectivity index (χ1v) is 9.18. The van der Waals surface area contributed by atoms with Crippen molar-refractivity contribution in [3.05, 3.63) is 0 Å². The summed E-state index contributed by atoms with van der Waals surface area (Å²) in [5, 5.41) is 13.2. The fraction of sp³-hybridized carbons (Fsp3) is 1.00. The molecule has 0 unspecified atom stereocenters. The highest BCUT2D eigenvalue weighted by Crippen LogP contribution is 2.18. The van der Waals surface area contributed by atoms with Crippen LogP contribution in [0.15, 0.2) is 0 Å². The van der Waals surface area contributed by atoms with Crippen LogP contribution in [0.5, 0.6) is 0 Å². The van der Waals surface area contributed by atoms with E-state index in [9.17, 15) is 5.11 Å². The van der Waals surface area contributed by atoms with Crippen molar-refractivity contribution in [3.63, 3.8) is 0 Å². The van der Waals surface area contributed by atoms with E-state index in [0.717, 1.165) is 12.8 Å². The zero-order valence-corrected chi connectivity index (χ0v) is 13.9. The lowest BCUT2D eigenvalue weighted by Gasteiger charge is -2.32. The third kappa shape index (κ3) is 8.26. The third-order valence-corrected chi connectivity index (χ3v) is 4.79. The number of piperidine rings is 1. The second-order valence-corrected chi connectivity index (χ2v) is 6.77. The summed E-state index contributed by atoms with van der Waals surface area (Å²) in [5.41, 5.74) is 0. The molecule has 3 atom stereocenters. The number of aliphatic hydroxyl groups is 1. The van der Waals surface area contributed by atoms with Crippen molar-refractivity contribution in [1.82, 2.24) is 5.32 Å². The van der Waals surface area contributed by atoms with Gasteiger partial charge < -0.3 is 10.4 Å². The smallest absolute Gasteiger partial charge is 0.0691 e. The van der Waals surface area contributed by atoms with Crippen LogP contribution < -0.4 is 5.32 Å². The van der Waals surface area contributed by atoms with Crippen LogP contribution in [0.2, 0.25) is 0 Å². The molecule has 0 saturated carbocycles. The van der Waals surface area contributed by atoms with E-state index in [2.05, 4.69) is 19.2 Å². The average molecular weight is 283 g/mol. The largest absolute Gasteiger partial charge is 0.392 e. The molecule has 1 heterocycles. The Balaban J connectivity index is 1.83. The molecule has 2 heteroatoms. The number of hydrogen-bond donors (Lipinski definition) is 2. The maximum atomic E-state index is 9.68. The Morgan fingerprint density at radius 3 is 1.95 bits per heavy atom. The van der Waals surface area contributed by atoms with Crippen molar-refractivity contribution < 1.29 is 5.11 Å². The molecule has 1 saturated heterocycles. The van der Waals surface area contributed by atoms with E-state index in [1.165, 1.54) is 70.6 Å². The average Bonchev–Trinajstić information content (AvgIpc) is 2.45. The van der Waals surface area contributed by atoms with Gasteiger partial charge in [0.05, 0.1) is 6.10 Å². The van der Waals surface area contributed by atoms with Gasteiger partial charge in [0.25, 0.3) is 0 Å². The van der Waals surface area contributed by atoms with Crippen LogP contribution in [0.1, 0.15) is 97.3 Å². The Morgan fingerprint density at radius 2 is 1.40 bits per heavy atom. The second-order valence-electron chi connectivity index (χ2n) is 6.77. The molecule has 1 aliphatic rings. The van der Waals surface area contributed by atoms with Gasteiger partial charge in [0, 0.05) is 12.1 Å². The summed E-state index contributed by atoms with van der Waals surface area (Å²) in [6.45, 7) is 4.39. The molecule has 1 aliphatic heterocycles. The molecule has 0 radical (unpaired) electrons. The fourth-order valence-corrected chi connectivity index (χ4v) is 3.29. The van der Waals surface area contributed by atoms with Crippen LogP contribution in [0.25, 0.3) is 0 Å². The summed E-state index contributed by atoms with van der Waals surface area (Å²) in [5.74, 6) is 0. The van der Waals surface area contributed by atoms with E-state index < -0.39 is 0 Å². The van der Waals surface area contributed by atoms with Crippen LogP contribution in [-0.2, 0) is 0 Å². The third-order valence-electron chi connectivity index (χ3n) is 4.79. The predicted molar refractivity (Wildman–Crippen MR) is 88.1 cm³/mol. The number of hydrogen-bond acceptors (Lipinski definition) is 2. The minimum absolute atomic E-state index is 0.126. The van der Waals surface area contributed by atoms with Crippen LogP contribution >= 0.6 is 0 Å². The zero-order valence-electron chi connectivity index (χ0n) is 13.9. The normalized spacial score (nSPS) is 26.9. The van der Waals surface area contributed by atoms with Gasteiger partial charge in [0.1, 0.15) is 0 Å². The minimum Gasteiger partial charge on any atom is -0.392 e. The van der Waals surface area contributed by atoms with E-state index in [0.29, 0.717) is 6.04 Å². The molecule has 0 amide bonds. The number of unbranched alkanes of at least 4 members (excludes halogenated alkanes) is 9. The van der Waals surface area contributed by atoms with Gasteiger partial charge in [-0.2, -0.15) is 0 Å². The zero-order chi connectivity index (χ0) is 14.6. The molecule has 0 bridgehead atoms. The molecule has 0 aromatic carbocycles. The first-order chi connectivity index (χ1) is 9.74. The highest BCUT2D eigenvalue weighted by atomic mass is 16.3. The van der Waals surface area contributed by atoms with Crippen LogP contribution in [0, 0.1) is 0 Å². The molecule has 2 N–H and O–H groups in total. The molecule has 120 valence electrons. The van der Waals surface area contributed by atoms with E-state index >= 15 is 0 Å². The lowest BCUT2D eigenvalue weighted by atomic mass is 9.93. The van der Waals surface area contributed by atoms with E-state index in [1.807, 2.05) is 0 Å². The molecule has 1 rings (SSSR count). The highest BCUT2D eigenvalue weighted by molar-refractivity contribution is 4.83. The molecule has 0 aromatic heterocycles. The van der Waals surface area contributed by atoms with Gasteiger partial charge in [-0.15, -0.1) is 0 Å². The monoisotopic (exact) mass is 283 g/mol. The van der Waals surface area contributed by atoms with Gasteiger partial charge in [-0.25, -0.2) is 0 Å². The Bertz CT molecular complexity index is 219. The summed E-state index contributed by atoms with van der Waals surface area (Å²) >= 11 is 0. The van der Waals surface area contributed by atoms with Crippen molar-refractivity contribution in [3.8, 4) is 0 Å². The van der Waals surface area contributed by atoms with Crippen molar-refractivity contribution in [2.75, 3.05) is 0 Å². The first-order valence-electron chi connectivity index (χ1n) is 9.18. The minimum atomic E-state index is -0.126. The molecule has 20 heavy (non-hydrogen) atoms.